The fraction of sp³-hybridized carbons (Fsp3) is 0.154. The van der Waals surface area contributed by atoms with Crippen LogP contribution in [0.15, 0.2) is 46.7 Å². The van der Waals surface area contributed by atoms with Crippen molar-refractivity contribution in [2.24, 2.45) is 0 Å². The van der Waals surface area contributed by atoms with Crippen molar-refractivity contribution in [1.82, 2.24) is 9.97 Å². The monoisotopic (exact) mass is 294 g/mol. The number of ether oxygens (including phenoxy) is 1. The van der Waals surface area contributed by atoms with Crippen LogP contribution in [0.2, 0.25) is 5.02 Å². The summed E-state index contributed by atoms with van der Waals surface area (Å²) in [6.45, 7) is 2.11. The smallest absolute Gasteiger partial charge is 0.339 e. The molecule has 0 aliphatic heterocycles. The van der Waals surface area contributed by atoms with Crippen LogP contribution in [0.4, 0.5) is 0 Å². The van der Waals surface area contributed by atoms with E-state index < -0.39 is 0 Å². The van der Waals surface area contributed by atoms with Crippen molar-refractivity contribution in [1.29, 1.82) is 0 Å². The summed E-state index contributed by atoms with van der Waals surface area (Å²) in [5, 5.41) is 1.97. The minimum absolute atomic E-state index is 0.346. The summed E-state index contributed by atoms with van der Waals surface area (Å²) in [5.41, 5.74) is 0.429. The van der Waals surface area contributed by atoms with Gasteiger partial charge in [-0.05, 0) is 43.0 Å². The van der Waals surface area contributed by atoms with Crippen molar-refractivity contribution in [3.63, 3.8) is 0 Å². The molecular formula is C13H11ClN2O2S. The van der Waals surface area contributed by atoms with Gasteiger partial charge in [0.15, 0.2) is 0 Å². The number of nitrogens with zero attached hydrogens (tertiary/aromatic N) is 2. The maximum absolute atomic E-state index is 11.5. The molecule has 2 aromatic heterocycles. The number of hydrogen-bond donors (Lipinski definition) is 0. The molecule has 98 valence electrons. The largest absolute Gasteiger partial charge is 0.462 e. The summed E-state index contributed by atoms with van der Waals surface area (Å²) in [7, 11) is 0. The molecule has 0 unspecified atom stereocenters. The Morgan fingerprint density at radius 1 is 1.37 bits per heavy atom. The third kappa shape index (κ3) is 3.68. The number of aromatic nitrogens is 2. The minimum atomic E-state index is -0.373. The molecule has 0 atom stereocenters. The third-order valence-electron chi connectivity index (χ3n) is 2.17. The van der Waals surface area contributed by atoms with Crippen LogP contribution in [0.3, 0.4) is 0 Å². The Morgan fingerprint density at radius 2 is 2.21 bits per heavy atom. The van der Waals surface area contributed by atoms with E-state index in [1.165, 1.54) is 18.0 Å². The predicted molar refractivity (Wildman–Crippen MR) is 73.6 cm³/mol. The normalized spacial score (nSPS) is 10.2. The highest BCUT2D eigenvalue weighted by Crippen LogP contribution is 2.29. The van der Waals surface area contributed by atoms with Crippen LogP contribution in [-0.2, 0) is 4.74 Å². The van der Waals surface area contributed by atoms with E-state index in [-0.39, 0.29) is 5.97 Å². The van der Waals surface area contributed by atoms with Gasteiger partial charge in [-0.1, -0.05) is 11.6 Å². The standard InChI is InChI=1S/C13H11ClN2O2S/c1-2-18-13(17)9-5-6-11(16-8-9)19-12-10(14)4-3-7-15-12/h3-8H,2H2,1H3. The van der Waals surface area contributed by atoms with Crippen molar-refractivity contribution in [3.05, 3.63) is 47.2 Å². The summed E-state index contributed by atoms with van der Waals surface area (Å²) in [4.78, 5) is 19.8. The highest BCUT2D eigenvalue weighted by Gasteiger charge is 2.08. The van der Waals surface area contributed by atoms with Crippen LogP contribution in [-0.4, -0.2) is 22.5 Å². The summed E-state index contributed by atoms with van der Waals surface area (Å²) >= 11 is 7.35. The van der Waals surface area contributed by atoms with Crippen LogP contribution in [0.5, 0.6) is 0 Å². The Balaban J connectivity index is 2.11. The first-order chi connectivity index (χ1) is 9.20. The van der Waals surface area contributed by atoms with Crippen molar-refractivity contribution in [2.75, 3.05) is 6.61 Å². The molecule has 0 spiro atoms. The molecule has 2 aromatic rings. The Bertz CT molecular complexity index is 575. The van der Waals surface area contributed by atoms with Gasteiger partial charge in [-0.3, -0.25) is 0 Å². The quantitative estimate of drug-likeness (QED) is 0.808. The number of carbonyl (C=O) groups is 1. The van der Waals surface area contributed by atoms with E-state index in [9.17, 15) is 4.79 Å². The fourth-order valence-electron chi connectivity index (χ4n) is 1.32. The molecule has 0 N–H and O–H groups in total. The lowest BCUT2D eigenvalue weighted by Gasteiger charge is -2.03. The number of esters is 1. The highest BCUT2D eigenvalue weighted by molar-refractivity contribution is 7.99. The Labute approximate surface area is 120 Å². The average molecular weight is 295 g/mol. The van der Waals surface area contributed by atoms with Gasteiger partial charge in [-0.25, -0.2) is 14.8 Å². The van der Waals surface area contributed by atoms with Crippen LogP contribution >= 0.6 is 23.4 Å². The summed E-state index contributed by atoms with van der Waals surface area (Å²) in [6.07, 6.45) is 3.15. The zero-order valence-electron chi connectivity index (χ0n) is 10.2. The first-order valence-electron chi connectivity index (χ1n) is 5.62. The molecular weight excluding hydrogens is 284 g/mol. The minimum Gasteiger partial charge on any atom is -0.462 e. The van der Waals surface area contributed by atoms with E-state index in [1.54, 1.807) is 37.4 Å². The van der Waals surface area contributed by atoms with Gasteiger partial charge in [-0.15, -0.1) is 0 Å². The molecule has 0 aromatic carbocycles. The molecule has 2 heterocycles. The second-order valence-electron chi connectivity index (χ2n) is 3.50. The summed E-state index contributed by atoms with van der Waals surface area (Å²) < 4.78 is 4.89. The van der Waals surface area contributed by atoms with E-state index in [0.717, 1.165) is 0 Å². The van der Waals surface area contributed by atoms with Crippen molar-refractivity contribution in [3.8, 4) is 0 Å². The lowest BCUT2D eigenvalue weighted by molar-refractivity contribution is 0.0525. The van der Waals surface area contributed by atoms with Crippen LogP contribution < -0.4 is 0 Å². The number of pyridine rings is 2. The maximum Gasteiger partial charge on any atom is 0.339 e. The SMILES string of the molecule is CCOC(=O)c1ccc(Sc2ncccc2Cl)nc1. The van der Waals surface area contributed by atoms with Crippen molar-refractivity contribution < 1.29 is 9.53 Å². The molecule has 0 aliphatic carbocycles. The molecule has 4 nitrogen and oxygen atoms in total. The molecule has 0 saturated carbocycles. The topological polar surface area (TPSA) is 52.1 Å². The van der Waals surface area contributed by atoms with Gasteiger partial charge >= 0.3 is 5.97 Å². The van der Waals surface area contributed by atoms with E-state index in [1.807, 2.05) is 0 Å². The summed E-state index contributed by atoms with van der Waals surface area (Å²) in [6, 6.07) is 6.94. The predicted octanol–water partition coefficient (Wildman–Crippen LogP) is 3.46. The van der Waals surface area contributed by atoms with E-state index in [2.05, 4.69) is 9.97 Å². The molecule has 0 aliphatic rings. The van der Waals surface area contributed by atoms with Gasteiger partial charge in [0.1, 0.15) is 10.1 Å². The fourth-order valence-corrected chi connectivity index (χ4v) is 2.28. The van der Waals surface area contributed by atoms with Crippen LogP contribution in [0.1, 0.15) is 17.3 Å². The molecule has 0 radical (unpaired) electrons. The highest BCUT2D eigenvalue weighted by atomic mass is 35.5. The summed E-state index contributed by atoms with van der Waals surface area (Å²) in [5.74, 6) is -0.373. The second-order valence-corrected chi connectivity index (χ2v) is 4.91. The number of rotatable bonds is 4. The van der Waals surface area contributed by atoms with Gasteiger partial charge in [0.05, 0.1) is 17.2 Å². The first kappa shape index (κ1) is 13.8. The Morgan fingerprint density at radius 3 is 2.84 bits per heavy atom. The Hall–Kier alpha value is -1.59. The van der Waals surface area contributed by atoms with Gasteiger partial charge in [0, 0.05) is 12.4 Å². The van der Waals surface area contributed by atoms with E-state index >= 15 is 0 Å². The molecule has 19 heavy (non-hydrogen) atoms. The first-order valence-corrected chi connectivity index (χ1v) is 6.81. The third-order valence-corrected chi connectivity index (χ3v) is 3.56. The van der Waals surface area contributed by atoms with Gasteiger partial charge in [0.25, 0.3) is 0 Å². The lowest BCUT2D eigenvalue weighted by Crippen LogP contribution is -2.04. The number of hydrogen-bond acceptors (Lipinski definition) is 5. The van der Waals surface area contributed by atoms with Crippen molar-refractivity contribution in [2.45, 2.75) is 17.0 Å². The molecule has 0 amide bonds. The van der Waals surface area contributed by atoms with Gasteiger partial charge in [-0.2, -0.15) is 0 Å². The van der Waals surface area contributed by atoms with Crippen LogP contribution in [0.25, 0.3) is 0 Å². The van der Waals surface area contributed by atoms with E-state index in [4.69, 9.17) is 16.3 Å². The Kier molecular flexibility index (Phi) is 4.76. The zero-order chi connectivity index (χ0) is 13.7. The molecule has 2 rings (SSSR count). The van der Waals surface area contributed by atoms with Crippen molar-refractivity contribution >= 4 is 29.3 Å². The second kappa shape index (κ2) is 6.54. The van der Waals surface area contributed by atoms with Gasteiger partial charge < -0.3 is 4.74 Å². The number of halogens is 1. The molecule has 6 heteroatoms. The molecule has 0 bridgehead atoms. The lowest BCUT2D eigenvalue weighted by atomic mass is 10.3. The maximum atomic E-state index is 11.5. The molecule has 0 fully saturated rings. The molecule has 0 saturated heterocycles. The van der Waals surface area contributed by atoms with E-state index in [0.29, 0.717) is 27.2 Å². The van der Waals surface area contributed by atoms with Gasteiger partial charge in [0.2, 0.25) is 0 Å². The van der Waals surface area contributed by atoms with Crippen LogP contribution in [0, 0.1) is 0 Å². The average Bonchev–Trinajstić information content (AvgIpc) is 2.42. The zero-order valence-corrected chi connectivity index (χ0v) is 11.7. The number of carbonyl (C=O) groups excluding carboxylic acids is 1.